The van der Waals surface area contributed by atoms with Crippen LogP contribution in [0.1, 0.15) is 38.8 Å². The molecule has 17 heavy (non-hydrogen) atoms. The second-order valence-electron chi connectivity index (χ2n) is 5.34. The first kappa shape index (κ1) is 13.7. The van der Waals surface area contributed by atoms with Gasteiger partial charge in [-0.15, -0.1) is 0 Å². The molecule has 0 radical (unpaired) electrons. The van der Waals surface area contributed by atoms with Crippen LogP contribution in [0, 0.1) is 0 Å². The lowest BCUT2D eigenvalue weighted by molar-refractivity contribution is -0.128. The Balaban J connectivity index is 2.61. The summed E-state index contributed by atoms with van der Waals surface area (Å²) in [7, 11) is 0. The molecule has 0 heterocycles. The molecule has 0 aliphatic heterocycles. The lowest BCUT2D eigenvalue weighted by Crippen LogP contribution is -2.31. The Bertz CT molecular complexity index is 374. The van der Waals surface area contributed by atoms with E-state index in [1.807, 2.05) is 12.1 Å². The number of hydrogen-bond donors (Lipinski definition) is 2. The van der Waals surface area contributed by atoms with Gasteiger partial charge in [-0.05, 0) is 23.5 Å². The standard InChI is InChI=1S/C14H21NO2/c1-10(16)13(17)15-9-11-5-7-12(8-6-11)14(2,3)4/h5-8,10,16H,9H2,1-4H3,(H,15,17). The Hall–Kier alpha value is -1.35. The third kappa shape index (κ3) is 4.19. The number of nitrogens with one attached hydrogen (secondary N) is 1. The van der Waals surface area contributed by atoms with E-state index in [0.29, 0.717) is 6.54 Å². The maximum absolute atomic E-state index is 11.2. The molecule has 3 heteroatoms. The number of rotatable bonds is 3. The average Bonchev–Trinajstić information content (AvgIpc) is 2.25. The first-order valence-corrected chi connectivity index (χ1v) is 5.86. The summed E-state index contributed by atoms with van der Waals surface area (Å²) >= 11 is 0. The van der Waals surface area contributed by atoms with Gasteiger partial charge in [0, 0.05) is 6.54 Å². The maximum Gasteiger partial charge on any atom is 0.248 e. The van der Waals surface area contributed by atoms with Crippen molar-refractivity contribution < 1.29 is 9.90 Å². The predicted molar refractivity (Wildman–Crippen MR) is 68.7 cm³/mol. The van der Waals surface area contributed by atoms with Gasteiger partial charge >= 0.3 is 0 Å². The minimum Gasteiger partial charge on any atom is -0.384 e. The third-order valence-corrected chi connectivity index (χ3v) is 2.67. The van der Waals surface area contributed by atoms with E-state index in [0.717, 1.165) is 5.56 Å². The molecule has 0 aliphatic rings. The van der Waals surface area contributed by atoms with Crippen molar-refractivity contribution in [2.75, 3.05) is 0 Å². The Morgan fingerprint density at radius 2 is 1.82 bits per heavy atom. The lowest BCUT2D eigenvalue weighted by Gasteiger charge is -2.19. The second kappa shape index (κ2) is 5.32. The normalized spacial score (nSPS) is 13.2. The van der Waals surface area contributed by atoms with Gasteiger partial charge in [-0.1, -0.05) is 45.0 Å². The molecule has 3 nitrogen and oxygen atoms in total. The Kier molecular flexibility index (Phi) is 4.29. The Morgan fingerprint density at radius 3 is 2.24 bits per heavy atom. The van der Waals surface area contributed by atoms with E-state index in [-0.39, 0.29) is 11.3 Å². The highest BCUT2D eigenvalue weighted by Crippen LogP contribution is 2.22. The minimum atomic E-state index is -0.955. The van der Waals surface area contributed by atoms with Crippen molar-refractivity contribution >= 4 is 5.91 Å². The van der Waals surface area contributed by atoms with Crippen LogP contribution in [0.25, 0.3) is 0 Å². The quantitative estimate of drug-likeness (QED) is 0.841. The van der Waals surface area contributed by atoms with Crippen molar-refractivity contribution in [1.29, 1.82) is 0 Å². The monoisotopic (exact) mass is 235 g/mol. The third-order valence-electron chi connectivity index (χ3n) is 2.67. The van der Waals surface area contributed by atoms with E-state index >= 15 is 0 Å². The van der Waals surface area contributed by atoms with Gasteiger partial charge in [0.15, 0.2) is 0 Å². The zero-order valence-electron chi connectivity index (χ0n) is 10.9. The van der Waals surface area contributed by atoms with Crippen LogP contribution < -0.4 is 5.32 Å². The number of aliphatic hydroxyl groups is 1. The van der Waals surface area contributed by atoms with Crippen LogP contribution in [0.2, 0.25) is 0 Å². The van der Waals surface area contributed by atoms with Crippen LogP contribution in [0.15, 0.2) is 24.3 Å². The van der Waals surface area contributed by atoms with E-state index in [2.05, 4.69) is 38.2 Å². The van der Waals surface area contributed by atoms with Gasteiger partial charge in [-0.3, -0.25) is 4.79 Å². The number of carbonyl (C=O) groups is 1. The predicted octanol–water partition coefficient (Wildman–Crippen LogP) is 1.98. The molecule has 0 saturated heterocycles. The van der Waals surface area contributed by atoms with Crippen molar-refractivity contribution in [3.05, 3.63) is 35.4 Å². The molecule has 1 atom stereocenters. The molecule has 1 amide bonds. The highest BCUT2D eigenvalue weighted by Gasteiger charge is 2.13. The highest BCUT2D eigenvalue weighted by atomic mass is 16.3. The summed E-state index contributed by atoms with van der Waals surface area (Å²) in [5, 5.41) is 11.7. The first-order valence-electron chi connectivity index (χ1n) is 5.86. The number of carbonyl (C=O) groups excluding carboxylic acids is 1. The average molecular weight is 235 g/mol. The van der Waals surface area contributed by atoms with Crippen LogP contribution >= 0.6 is 0 Å². The van der Waals surface area contributed by atoms with Gasteiger partial charge in [-0.25, -0.2) is 0 Å². The summed E-state index contributed by atoms with van der Waals surface area (Å²) < 4.78 is 0. The Morgan fingerprint density at radius 1 is 1.29 bits per heavy atom. The molecule has 0 bridgehead atoms. The van der Waals surface area contributed by atoms with Crippen LogP contribution in [-0.4, -0.2) is 17.1 Å². The Labute approximate surface area is 103 Å². The maximum atomic E-state index is 11.2. The van der Waals surface area contributed by atoms with Crippen molar-refractivity contribution in [2.45, 2.75) is 45.8 Å². The fourth-order valence-corrected chi connectivity index (χ4v) is 1.46. The molecule has 2 N–H and O–H groups in total. The summed E-state index contributed by atoms with van der Waals surface area (Å²) in [4.78, 5) is 11.2. The smallest absolute Gasteiger partial charge is 0.248 e. The van der Waals surface area contributed by atoms with Crippen molar-refractivity contribution in [2.24, 2.45) is 0 Å². The van der Waals surface area contributed by atoms with Crippen LogP contribution in [0.3, 0.4) is 0 Å². The van der Waals surface area contributed by atoms with E-state index in [1.165, 1.54) is 12.5 Å². The molecule has 1 aromatic carbocycles. The largest absolute Gasteiger partial charge is 0.384 e. The van der Waals surface area contributed by atoms with Gasteiger partial charge < -0.3 is 10.4 Å². The fraction of sp³-hybridized carbons (Fsp3) is 0.500. The van der Waals surface area contributed by atoms with E-state index in [1.54, 1.807) is 0 Å². The molecule has 0 fully saturated rings. The molecule has 0 aliphatic carbocycles. The molecular weight excluding hydrogens is 214 g/mol. The zero-order chi connectivity index (χ0) is 13.1. The molecule has 94 valence electrons. The number of aliphatic hydroxyl groups excluding tert-OH is 1. The topological polar surface area (TPSA) is 49.3 Å². The second-order valence-corrected chi connectivity index (χ2v) is 5.34. The summed E-state index contributed by atoms with van der Waals surface area (Å²) in [6.07, 6.45) is -0.955. The van der Waals surface area contributed by atoms with Gasteiger partial charge in [0.05, 0.1) is 0 Å². The molecule has 1 rings (SSSR count). The highest BCUT2D eigenvalue weighted by molar-refractivity contribution is 5.79. The minimum absolute atomic E-state index is 0.140. The van der Waals surface area contributed by atoms with Gasteiger partial charge in [0.1, 0.15) is 6.10 Å². The van der Waals surface area contributed by atoms with Gasteiger partial charge in [0.25, 0.3) is 0 Å². The SMILES string of the molecule is CC(O)C(=O)NCc1ccc(C(C)(C)C)cc1. The molecule has 1 aromatic rings. The van der Waals surface area contributed by atoms with Gasteiger partial charge in [0.2, 0.25) is 5.91 Å². The zero-order valence-corrected chi connectivity index (χ0v) is 10.9. The first-order chi connectivity index (χ1) is 7.80. The summed E-state index contributed by atoms with van der Waals surface area (Å²) in [5.41, 5.74) is 2.44. The van der Waals surface area contributed by atoms with Crippen molar-refractivity contribution in [3.63, 3.8) is 0 Å². The van der Waals surface area contributed by atoms with E-state index in [9.17, 15) is 4.79 Å². The number of hydrogen-bond acceptors (Lipinski definition) is 2. The summed E-state index contributed by atoms with van der Waals surface area (Å²) in [6, 6.07) is 8.15. The molecule has 0 aromatic heterocycles. The van der Waals surface area contributed by atoms with Crippen LogP contribution in [-0.2, 0) is 16.8 Å². The van der Waals surface area contributed by atoms with Crippen molar-refractivity contribution in [1.82, 2.24) is 5.32 Å². The van der Waals surface area contributed by atoms with Gasteiger partial charge in [-0.2, -0.15) is 0 Å². The van der Waals surface area contributed by atoms with Crippen molar-refractivity contribution in [3.8, 4) is 0 Å². The summed E-state index contributed by atoms with van der Waals surface area (Å²) in [5.74, 6) is -0.343. The van der Waals surface area contributed by atoms with Crippen LogP contribution in [0.5, 0.6) is 0 Å². The molecular formula is C14H21NO2. The number of amides is 1. The molecule has 0 saturated carbocycles. The fourth-order valence-electron chi connectivity index (χ4n) is 1.46. The summed E-state index contributed by atoms with van der Waals surface area (Å²) in [6.45, 7) is 8.40. The molecule has 1 unspecified atom stereocenters. The van der Waals surface area contributed by atoms with E-state index in [4.69, 9.17) is 5.11 Å². The molecule has 0 spiro atoms. The van der Waals surface area contributed by atoms with Crippen LogP contribution in [0.4, 0.5) is 0 Å². The lowest BCUT2D eigenvalue weighted by atomic mass is 9.87. The number of benzene rings is 1. The van der Waals surface area contributed by atoms with E-state index < -0.39 is 6.10 Å².